The standard InChI is InChI=1S/C35H50O10/c1-16-12-35(27-32(6,44-27)28(40)45-35)43-18-13-31(5)20-8-7-19-29(2,3)22(42-26-25(39)24(38)17(36)14-41-26)11-21(37)34(19)15-33(20,34)10-9-30(31,4)23(16)18/h8,16-19,22-28,36,38-40H,7,9-15H2,1-6H3/t16-,17-,18+,19?,22+,23+,24+,25-,26+,27-,28?,30-,31+,32+,33+,34-,35-/m1/s1. The Hall–Kier alpha value is -0.950. The summed E-state index contributed by atoms with van der Waals surface area (Å²) in [6.45, 7) is 13.4. The second kappa shape index (κ2) is 8.61. The maximum absolute atomic E-state index is 14.5. The summed E-state index contributed by atoms with van der Waals surface area (Å²) in [6.07, 6.45) is 1.26. The summed E-state index contributed by atoms with van der Waals surface area (Å²) < 4.78 is 31.0. The molecule has 9 rings (SSSR count). The lowest BCUT2D eigenvalue weighted by Crippen LogP contribution is -2.60. The van der Waals surface area contributed by atoms with E-state index in [1.807, 2.05) is 6.92 Å². The van der Waals surface area contributed by atoms with Crippen molar-refractivity contribution in [2.45, 2.75) is 147 Å². The van der Waals surface area contributed by atoms with E-state index in [2.05, 4.69) is 40.7 Å². The summed E-state index contributed by atoms with van der Waals surface area (Å²) in [7, 11) is 0. The first-order valence-corrected chi connectivity index (χ1v) is 17.3. The van der Waals surface area contributed by atoms with Gasteiger partial charge in [-0.2, -0.15) is 0 Å². The lowest BCUT2D eigenvalue weighted by atomic mass is 9.45. The number of hydrogen-bond donors (Lipinski definition) is 4. The van der Waals surface area contributed by atoms with Crippen LogP contribution < -0.4 is 0 Å². The molecule has 0 amide bonds. The fourth-order valence-electron chi connectivity index (χ4n) is 13.1. The Morgan fingerprint density at radius 1 is 0.956 bits per heavy atom. The highest BCUT2D eigenvalue weighted by molar-refractivity contribution is 5.93. The zero-order valence-electron chi connectivity index (χ0n) is 27.3. The van der Waals surface area contributed by atoms with Crippen LogP contribution in [0, 0.1) is 44.8 Å². The number of aliphatic hydroxyl groups excluding tert-OH is 4. The first-order chi connectivity index (χ1) is 21.0. The van der Waals surface area contributed by atoms with Crippen LogP contribution in [0.4, 0.5) is 0 Å². The fraction of sp³-hybridized carbons (Fsp3) is 0.914. The van der Waals surface area contributed by atoms with Crippen LogP contribution in [0.15, 0.2) is 11.6 Å². The third-order valence-corrected chi connectivity index (χ3v) is 15.6. The maximum Gasteiger partial charge on any atom is 0.201 e. The molecule has 0 radical (unpaired) electrons. The van der Waals surface area contributed by atoms with Crippen molar-refractivity contribution in [2.24, 2.45) is 44.8 Å². The molecule has 3 spiro atoms. The molecule has 4 aliphatic heterocycles. The Labute approximate surface area is 264 Å². The normalized spacial score (nSPS) is 63.5. The zero-order valence-corrected chi connectivity index (χ0v) is 27.3. The highest BCUT2D eigenvalue weighted by Crippen LogP contribution is 2.87. The second-order valence-corrected chi connectivity index (χ2v) is 17.7. The molecule has 5 aliphatic carbocycles. The summed E-state index contributed by atoms with van der Waals surface area (Å²) in [6, 6.07) is 0. The quantitative estimate of drug-likeness (QED) is 0.265. The number of epoxide rings is 1. The van der Waals surface area contributed by atoms with Crippen LogP contribution in [-0.2, 0) is 28.5 Å². The van der Waals surface area contributed by atoms with Crippen LogP contribution in [0.3, 0.4) is 0 Å². The lowest BCUT2D eigenvalue weighted by molar-refractivity contribution is -0.344. The topological polar surface area (TPSA) is 147 Å². The second-order valence-electron chi connectivity index (χ2n) is 17.7. The van der Waals surface area contributed by atoms with Crippen molar-refractivity contribution < 1.29 is 48.9 Å². The van der Waals surface area contributed by atoms with Crippen LogP contribution in [0.2, 0.25) is 0 Å². The van der Waals surface area contributed by atoms with Crippen molar-refractivity contribution >= 4 is 5.78 Å². The van der Waals surface area contributed by atoms with Gasteiger partial charge in [0.1, 0.15) is 35.8 Å². The monoisotopic (exact) mass is 630 g/mol. The molecule has 10 heteroatoms. The molecule has 4 saturated heterocycles. The minimum Gasteiger partial charge on any atom is -0.388 e. The van der Waals surface area contributed by atoms with Gasteiger partial charge in [0.2, 0.25) is 5.79 Å². The summed E-state index contributed by atoms with van der Waals surface area (Å²) in [5.41, 5.74) is -0.296. The van der Waals surface area contributed by atoms with Gasteiger partial charge in [-0.1, -0.05) is 46.3 Å². The number of ether oxygens (including phenoxy) is 5. The number of ketones is 1. The molecule has 10 nitrogen and oxygen atoms in total. The third-order valence-electron chi connectivity index (χ3n) is 15.6. The number of carbonyl (C=O) groups is 1. The number of rotatable bonds is 2. The van der Waals surface area contributed by atoms with Crippen molar-refractivity contribution in [1.29, 1.82) is 0 Å². The van der Waals surface area contributed by atoms with Gasteiger partial charge in [-0.25, -0.2) is 0 Å². The Balaban J connectivity index is 1.02. The highest BCUT2D eigenvalue weighted by atomic mass is 16.8. The summed E-state index contributed by atoms with van der Waals surface area (Å²) >= 11 is 0. The summed E-state index contributed by atoms with van der Waals surface area (Å²) in [5, 5.41) is 41.4. The Morgan fingerprint density at radius 2 is 1.71 bits per heavy atom. The van der Waals surface area contributed by atoms with E-state index in [1.54, 1.807) is 0 Å². The predicted octanol–water partition coefficient (Wildman–Crippen LogP) is 2.59. The van der Waals surface area contributed by atoms with Crippen molar-refractivity contribution in [3.05, 3.63) is 11.6 Å². The van der Waals surface area contributed by atoms with Crippen LogP contribution in [0.25, 0.3) is 0 Å². The van der Waals surface area contributed by atoms with E-state index in [-0.39, 0.29) is 58.6 Å². The maximum atomic E-state index is 14.5. The predicted molar refractivity (Wildman–Crippen MR) is 157 cm³/mol. The van der Waals surface area contributed by atoms with Gasteiger partial charge in [-0.05, 0) is 73.0 Å². The minimum absolute atomic E-state index is 0.00998. The first kappa shape index (κ1) is 30.1. The number of fused-ring (bicyclic) bond motifs is 6. The van der Waals surface area contributed by atoms with Crippen LogP contribution in [0.1, 0.15) is 86.5 Å². The smallest absolute Gasteiger partial charge is 0.201 e. The van der Waals surface area contributed by atoms with E-state index in [0.717, 1.165) is 32.1 Å². The molecule has 2 unspecified atom stereocenters. The van der Waals surface area contributed by atoms with Gasteiger partial charge in [0.05, 0.1) is 18.8 Å². The molecule has 45 heavy (non-hydrogen) atoms. The zero-order chi connectivity index (χ0) is 31.9. The first-order valence-electron chi connectivity index (χ1n) is 17.3. The summed E-state index contributed by atoms with van der Waals surface area (Å²) in [4.78, 5) is 14.5. The minimum atomic E-state index is -1.38. The molecule has 4 saturated carbocycles. The van der Waals surface area contributed by atoms with E-state index in [4.69, 9.17) is 23.7 Å². The molecule has 250 valence electrons. The molecule has 0 aromatic carbocycles. The number of aliphatic hydroxyl groups is 4. The van der Waals surface area contributed by atoms with Gasteiger partial charge < -0.3 is 44.1 Å². The molecule has 4 heterocycles. The largest absolute Gasteiger partial charge is 0.388 e. The van der Waals surface area contributed by atoms with Gasteiger partial charge in [0.25, 0.3) is 0 Å². The third kappa shape index (κ3) is 3.27. The van der Waals surface area contributed by atoms with Crippen LogP contribution in [0.5, 0.6) is 0 Å². The van der Waals surface area contributed by atoms with Gasteiger partial charge in [0, 0.05) is 23.7 Å². The molecule has 0 aromatic rings. The van der Waals surface area contributed by atoms with Crippen molar-refractivity contribution in [2.75, 3.05) is 6.61 Å². The van der Waals surface area contributed by atoms with Gasteiger partial charge in [0.15, 0.2) is 12.6 Å². The number of carbonyl (C=O) groups excluding carboxylic acids is 1. The van der Waals surface area contributed by atoms with Crippen LogP contribution in [-0.4, -0.2) is 93.4 Å². The van der Waals surface area contributed by atoms with Crippen molar-refractivity contribution in [3.63, 3.8) is 0 Å². The van der Waals surface area contributed by atoms with E-state index in [0.29, 0.717) is 18.3 Å². The molecular formula is C35H50O10. The SMILES string of the molecule is C[C@@H]1C[C@]2(OC(O)[C@@]3(C)O[C@@H]23)O[C@H]2C[C@@]3(C)C4=CCC5C(C)(C)[C@@H](O[C@@H]6OC[C@@H](O)[C@H](O)[C@H]6O)CC(=O)[C@@]56C[C@@]46CC[C@]3(C)[C@@H]12. The number of Topliss-reactive ketones (excluding diaryl/α,β-unsaturated/α-hetero) is 1. The Morgan fingerprint density at radius 3 is 2.40 bits per heavy atom. The molecule has 17 atom stereocenters. The fourth-order valence-corrected chi connectivity index (χ4v) is 13.1. The average molecular weight is 631 g/mol. The molecule has 0 aromatic heterocycles. The summed E-state index contributed by atoms with van der Waals surface area (Å²) in [5.74, 6) is 0.111. The van der Waals surface area contributed by atoms with E-state index in [9.17, 15) is 25.2 Å². The van der Waals surface area contributed by atoms with Gasteiger partial charge >= 0.3 is 0 Å². The highest BCUT2D eigenvalue weighted by Gasteiger charge is 2.85. The number of hydrogen-bond acceptors (Lipinski definition) is 10. The van der Waals surface area contributed by atoms with E-state index in [1.165, 1.54) is 5.57 Å². The average Bonchev–Trinajstić information content (AvgIpc) is 3.82. The van der Waals surface area contributed by atoms with Crippen LogP contribution >= 0.6 is 0 Å². The molecule has 9 aliphatic rings. The van der Waals surface area contributed by atoms with Gasteiger partial charge in [-0.3, -0.25) is 4.79 Å². The number of allylic oxidation sites excluding steroid dienone is 2. The Bertz CT molecular complexity index is 1380. The molecule has 0 bridgehead atoms. The van der Waals surface area contributed by atoms with Crippen molar-refractivity contribution in [3.8, 4) is 0 Å². The van der Waals surface area contributed by atoms with Gasteiger partial charge in [-0.15, -0.1) is 0 Å². The molecule has 8 fully saturated rings. The van der Waals surface area contributed by atoms with Crippen molar-refractivity contribution in [1.82, 2.24) is 0 Å². The van der Waals surface area contributed by atoms with E-state index >= 15 is 0 Å². The Kier molecular flexibility index (Phi) is 5.76. The van der Waals surface area contributed by atoms with E-state index < -0.39 is 53.8 Å². The lowest BCUT2D eigenvalue weighted by Gasteiger charge is -2.60. The molecular weight excluding hydrogens is 580 g/mol. The molecule has 4 N–H and O–H groups in total.